The van der Waals surface area contributed by atoms with Gasteiger partial charge >= 0.3 is 5.97 Å². The van der Waals surface area contributed by atoms with Crippen LogP contribution in [0.5, 0.6) is 5.88 Å². The van der Waals surface area contributed by atoms with Crippen molar-refractivity contribution in [1.82, 2.24) is 9.97 Å². The summed E-state index contributed by atoms with van der Waals surface area (Å²) in [6, 6.07) is 0. The fourth-order valence-corrected chi connectivity index (χ4v) is 0.640. The van der Waals surface area contributed by atoms with Crippen molar-refractivity contribution >= 4 is 5.97 Å². The molecule has 0 unspecified atom stereocenters. The van der Waals surface area contributed by atoms with Crippen molar-refractivity contribution in [2.24, 2.45) is 0 Å². The van der Waals surface area contributed by atoms with Gasteiger partial charge in [-0.1, -0.05) is 12.8 Å². The predicted octanol–water partition coefficient (Wildman–Crippen LogP) is 0.924. The Labute approximate surface area is 80.8 Å². The highest BCUT2D eigenvalue weighted by Gasteiger charge is 2.04. The van der Waals surface area contributed by atoms with Crippen molar-refractivity contribution in [2.45, 2.75) is 13.3 Å². The molecule has 0 fully saturated rings. The quantitative estimate of drug-likeness (QED) is 0.705. The largest absolute Gasteiger partial charge is 0.476 e. The van der Waals surface area contributed by atoms with Gasteiger partial charge < -0.3 is 9.84 Å². The molecule has 0 bridgehead atoms. The van der Waals surface area contributed by atoms with E-state index in [9.17, 15) is 4.79 Å². The molecule has 0 aliphatic heterocycles. The van der Waals surface area contributed by atoms with Crippen LogP contribution in [0.3, 0.4) is 0 Å². The van der Waals surface area contributed by atoms with Crippen molar-refractivity contribution in [2.75, 3.05) is 0 Å². The summed E-state index contributed by atoms with van der Waals surface area (Å²) in [5.74, 6) is 1.75. The average Bonchev–Trinajstić information content (AvgIpc) is 2.19. The first-order valence-electron chi connectivity index (χ1n) is 3.94. The number of nitrogens with zero attached hydrogens (tertiary/aromatic N) is 2. The van der Waals surface area contributed by atoms with Gasteiger partial charge in [-0.25, -0.2) is 14.8 Å². The highest BCUT2D eigenvalue weighted by Crippen LogP contribution is 2.02. The lowest BCUT2D eigenvalue weighted by Crippen LogP contribution is -2.01. The minimum Gasteiger partial charge on any atom is -0.476 e. The molecule has 1 heterocycles. The lowest BCUT2D eigenvalue weighted by atomic mass is 10.5. The summed E-state index contributed by atoms with van der Waals surface area (Å²) in [6.45, 7) is 1.88. The highest BCUT2D eigenvalue weighted by atomic mass is 16.5. The first-order chi connectivity index (χ1) is 6.74. The van der Waals surface area contributed by atoms with E-state index < -0.39 is 5.97 Å². The third-order valence-corrected chi connectivity index (χ3v) is 1.25. The molecule has 0 saturated carbocycles. The van der Waals surface area contributed by atoms with Crippen LogP contribution in [0.25, 0.3) is 0 Å². The summed E-state index contributed by atoms with van der Waals surface area (Å²) >= 11 is 0. The molecule has 14 heavy (non-hydrogen) atoms. The lowest BCUT2D eigenvalue weighted by Gasteiger charge is -1.95. The zero-order valence-corrected chi connectivity index (χ0v) is 7.52. The van der Waals surface area contributed by atoms with Crippen molar-refractivity contribution in [3.8, 4) is 17.9 Å². The first-order valence-corrected chi connectivity index (χ1v) is 3.94. The summed E-state index contributed by atoms with van der Waals surface area (Å²) < 4.78 is 4.85. The Hall–Kier alpha value is -2.09. The zero-order valence-electron chi connectivity index (χ0n) is 7.52. The number of hydrogen-bond donors (Lipinski definition) is 1. The van der Waals surface area contributed by atoms with Crippen LogP contribution in [0.4, 0.5) is 0 Å². The number of rotatable bonds is 2. The summed E-state index contributed by atoms with van der Waals surface area (Å²) in [7, 11) is 0. The topological polar surface area (TPSA) is 72.3 Å². The van der Waals surface area contributed by atoms with E-state index in [1.54, 1.807) is 0 Å². The van der Waals surface area contributed by atoms with Crippen LogP contribution < -0.4 is 4.74 Å². The molecule has 72 valence electrons. The second-order valence-corrected chi connectivity index (χ2v) is 2.28. The zero-order chi connectivity index (χ0) is 10.4. The van der Waals surface area contributed by atoms with Gasteiger partial charge in [-0.2, -0.15) is 0 Å². The first kappa shape index (κ1) is 9.99. The van der Waals surface area contributed by atoms with E-state index >= 15 is 0 Å². The normalized spacial score (nSPS) is 8.64. The van der Waals surface area contributed by atoms with Crippen LogP contribution in [0, 0.1) is 12.0 Å². The minimum absolute atomic E-state index is 0.124. The van der Waals surface area contributed by atoms with Crippen LogP contribution in [0.2, 0.25) is 0 Å². The maximum Gasteiger partial charge on any atom is 0.356 e. The molecule has 0 atom stereocenters. The lowest BCUT2D eigenvalue weighted by molar-refractivity contribution is 0.0690. The Morgan fingerprint density at radius 1 is 1.57 bits per heavy atom. The Morgan fingerprint density at radius 2 is 2.36 bits per heavy atom. The molecule has 1 aromatic rings. The van der Waals surface area contributed by atoms with Gasteiger partial charge in [-0.3, -0.25) is 0 Å². The maximum absolute atomic E-state index is 10.4. The minimum atomic E-state index is -1.12. The van der Waals surface area contributed by atoms with Crippen molar-refractivity contribution in [3.05, 3.63) is 18.1 Å². The standard InChI is InChI=1S/C9H8N2O3/c1-2-3-4-14-8-6-10-7(5-11-8)9(12)13/h5-6H,2H2,1H3,(H,12,13). The van der Waals surface area contributed by atoms with Gasteiger partial charge in [0.05, 0.1) is 12.4 Å². The molecule has 1 N–H and O–H groups in total. The molecule has 5 nitrogen and oxygen atoms in total. The van der Waals surface area contributed by atoms with Crippen LogP contribution in [0.15, 0.2) is 12.4 Å². The number of carboxylic acid groups (broad SMARTS) is 1. The summed E-state index contributed by atoms with van der Waals surface area (Å²) in [4.78, 5) is 17.7. The molecule has 0 aliphatic rings. The van der Waals surface area contributed by atoms with Crippen LogP contribution in [-0.2, 0) is 0 Å². The summed E-state index contributed by atoms with van der Waals surface area (Å²) in [5.41, 5.74) is -0.124. The van der Waals surface area contributed by atoms with Gasteiger partial charge in [-0.15, -0.1) is 0 Å². The molecular formula is C9H8N2O3. The third kappa shape index (κ3) is 2.75. The highest BCUT2D eigenvalue weighted by molar-refractivity contribution is 5.84. The fourth-order valence-electron chi connectivity index (χ4n) is 0.640. The fraction of sp³-hybridized carbons (Fsp3) is 0.222. The van der Waals surface area contributed by atoms with E-state index in [1.807, 2.05) is 6.92 Å². The van der Waals surface area contributed by atoms with E-state index in [-0.39, 0.29) is 11.6 Å². The predicted molar refractivity (Wildman–Crippen MR) is 47.7 cm³/mol. The Bertz CT molecular complexity index is 375. The molecule has 1 rings (SSSR count). The number of hydrogen-bond acceptors (Lipinski definition) is 4. The number of carboxylic acids is 1. The van der Waals surface area contributed by atoms with Crippen molar-refractivity contribution in [1.29, 1.82) is 0 Å². The Morgan fingerprint density at radius 3 is 2.86 bits per heavy atom. The molecule has 0 saturated heterocycles. The molecular weight excluding hydrogens is 184 g/mol. The molecule has 5 heteroatoms. The van der Waals surface area contributed by atoms with Crippen LogP contribution in [0.1, 0.15) is 23.8 Å². The van der Waals surface area contributed by atoms with Crippen molar-refractivity contribution in [3.63, 3.8) is 0 Å². The van der Waals surface area contributed by atoms with Crippen LogP contribution >= 0.6 is 0 Å². The molecule has 0 radical (unpaired) electrons. The van der Waals surface area contributed by atoms with Gasteiger partial charge in [0.2, 0.25) is 5.88 Å². The van der Waals surface area contributed by atoms with E-state index in [2.05, 4.69) is 22.0 Å². The summed E-state index contributed by atoms with van der Waals surface area (Å²) in [5, 5.41) is 8.52. The second kappa shape index (κ2) is 4.82. The number of aromatic nitrogens is 2. The SMILES string of the molecule is CCC#COc1cnc(C(=O)O)cn1. The monoisotopic (exact) mass is 192 g/mol. The molecule has 1 aromatic heterocycles. The van der Waals surface area contributed by atoms with Crippen LogP contribution in [-0.4, -0.2) is 21.0 Å². The van der Waals surface area contributed by atoms with E-state index in [1.165, 1.54) is 6.20 Å². The number of ether oxygens (including phenoxy) is 1. The van der Waals surface area contributed by atoms with E-state index in [4.69, 9.17) is 9.84 Å². The molecule has 0 amide bonds. The summed E-state index contributed by atoms with van der Waals surface area (Å²) in [6.07, 6.45) is 5.41. The Balaban J connectivity index is 2.69. The van der Waals surface area contributed by atoms with Gasteiger partial charge in [0.1, 0.15) is 6.11 Å². The molecule has 0 spiro atoms. The van der Waals surface area contributed by atoms with Gasteiger partial charge in [0.25, 0.3) is 0 Å². The van der Waals surface area contributed by atoms with Gasteiger partial charge in [-0.05, 0) is 0 Å². The van der Waals surface area contributed by atoms with Gasteiger partial charge in [0.15, 0.2) is 5.69 Å². The second-order valence-electron chi connectivity index (χ2n) is 2.28. The smallest absolute Gasteiger partial charge is 0.356 e. The maximum atomic E-state index is 10.4. The van der Waals surface area contributed by atoms with Crippen molar-refractivity contribution < 1.29 is 14.6 Å². The van der Waals surface area contributed by atoms with E-state index in [0.717, 1.165) is 6.20 Å². The third-order valence-electron chi connectivity index (χ3n) is 1.25. The average molecular weight is 192 g/mol. The molecule has 0 aliphatic carbocycles. The van der Waals surface area contributed by atoms with Gasteiger partial charge in [0, 0.05) is 6.42 Å². The van der Waals surface area contributed by atoms with E-state index in [0.29, 0.717) is 6.42 Å². The number of carbonyl (C=O) groups is 1. The Kier molecular flexibility index (Phi) is 3.44. The molecule has 0 aromatic carbocycles. The number of aromatic carboxylic acids is 1.